The Morgan fingerprint density at radius 3 is 2.67 bits per heavy atom. The molecule has 0 aliphatic carbocycles. The van der Waals surface area contributed by atoms with Crippen LogP contribution < -0.4 is 4.74 Å². The van der Waals surface area contributed by atoms with Gasteiger partial charge >= 0.3 is 0 Å². The molecule has 1 atom stereocenters. The quantitative estimate of drug-likeness (QED) is 0.196. The van der Waals surface area contributed by atoms with Crippen LogP contribution in [0.1, 0.15) is 43.8 Å². The van der Waals surface area contributed by atoms with Crippen molar-refractivity contribution in [1.82, 2.24) is 9.88 Å². The number of halogens is 3. The van der Waals surface area contributed by atoms with Crippen LogP contribution in [0.4, 0.5) is 4.39 Å². The van der Waals surface area contributed by atoms with Crippen molar-refractivity contribution < 1.29 is 14.2 Å². The first-order valence-electron chi connectivity index (χ1n) is 12.4. The lowest BCUT2D eigenvalue weighted by atomic mass is 9.74. The number of nitrogens with zero attached hydrogens (tertiary/aromatic N) is 2. The van der Waals surface area contributed by atoms with E-state index in [0.29, 0.717) is 40.1 Å². The largest absolute Gasteiger partial charge is 0.497 e. The zero-order valence-corrected chi connectivity index (χ0v) is 22.9. The standard InChI is InChI=1S/C28H33Cl2FN2O2S/c1-35-20-7-8-25-21(17-20)27(23(30)18-32-25)24(31)9-10-28(19-34)11-14-33(15-12-28)13-4-16-36-26-6-3-2-5-22(26)29/h2-3,5-8,17-18,24,34H,4,9-16,19H2,1H3/t24-/m0/s1. The van der Waals surface area contributed by atoms with E-state index in [0.717, 1.165) is 54.6 Å². The van der Waals surface area contributed by atoms with Crippen LogP contribution in [-0.2, 0) is 0 Å². The number of alkyl halides is 1. The number of fused-ring (bicyclic) bond motifs is 1. The molecule has 2 aromatic carbocycles. The summed E-state index contributed by atoms with van der Waals surface area (Å²) in [6, 6.07) is 13.4. The molecule has 0 saturated carbocycles. The van der Waals surface area contributed by atoms with Gasteiger partial charge in [-0.25, -0.2) is 4.39 Å². The van der Waals surface area contributed by atoms with E-state index in [1.54, 1.807) is 24.9 Å². The number of aliphatic hydroxyl groups is 1. The predicted octanol–water partition coefficient (Wildman–Crippen LogP) is 7.60. The second kappa shape index (κ2) is 12.8. The summed E-state index contributed by atoms with van der Waals surface area (Å²) in [5.74, 6) is 1.66. The number of aromatic nitrogens is 1. The zero-order chi connectivity index (χ0) is 25.5. The molecular formula is C28H33Cl2FN2O2S. The van der Waals surface area contributed by atoms with Gasteiger partial charge in [-0.3, -0.25) is 4.98 Å². The lowest BCUT2D eigenvalue weighted by Gasteiger charge is -2.41. The van der Waals surface area contributed by atoms with Crippen molar-refractivity contribution in [2.75, 3.05) is 39.1 Å². The van der Waals surface area contributed by atoms with Crippen molar-refractivity contribution in [1.29, 1.82) is 0 Å². The summed E-state index contributed by atoms with van der Waals surface area (Å²) in [5.41, 5.74) is 0.901. The molecule has 0 spiro atoms. The Morgan fingerprint density at radius 2 is 1.94 bits per heavy atom. The number of thioether (sulfide) groups is 1. The molecule has 2 heterocycles. The van der Waals surface area contributed by atoms with E-state index in [9.17, 15) is 5.11 Å². The van der Waals surface area contributed by atoms with Crippen molar-refractivity contribution in [3.63, 3.8) is 0 Å². The lowest BCUT2D eigenvalue weighted by molar-refractivity contribution is 0.0304. The Balaban J connectivity index is 1.30. The molecule has 8 heteroatoms. The lowest BCUT2D eigenvalue weighted by Crippen LogP contribution is -2.42. The fourth-order valence-corrected chi connectivity index (χ4v) is 6.40. The third-order valence-electron chi connectivity index (χ3n) is 7.27. The average molecular weight is 552 g/mol. The fourth-order valence-electron chi connectivity index (χ4n) is 4.96. The second-order valence-electron chi connectivity index (χ2n) is 9.54. The van der Waals surface area contributed by atoms with Gasteiger partial charge in [-0.05, 0) is 93.2 Å². The first-order valence-corrected chi connectivity index (χ1v) is 14.2. The molecular weight excluding hydrogens is 518 g/mol. The third kappa shape index (κ3) is 6.65. The Kier molecular flexibility index (Phi) is 9.76. The molecule has 1 aliphatic rings. The number of benzene rings is 2. The molecule has 36 heavy (non-hydrogen) atoms. The van der Waals surface area contributed by atoms with E-state index in [-0.39, 0.29) is 12.0 Å². The van der Waals surface area contributed by atoms with Crippen LogP contribution in [0.25, 0.3) is 10.9 Å². The molecule has 1 saturated heterocycles. The smallest absolute Gasteiger partial charge is 0.127 e. The van der Waals surface area contributed by atoms with Crippen molar-refractivity contribution in [2.45, 2.75) is 43.2 Å². The van der Waals surface area contributed by atoms with Gasteiger partial charge in [-0.2, -0.15) is 0 Å². The first-order chi connectivity index (χ1) is 17.4. The van der Waals surface area contributed by atoms with Crippen LogP contribution in [0, 0.1) is 5.41 Å². The van der Waals surface area contributed by atoms with Gasteiger partial charge in [0.2, 0.25) is 0 Å². The Labute approximate surface area is 227 Å². The summed E-state index contributed by atoms with van der Waals surface area (Å²) in [4.78, 5) is 7.91. The average Bonchev–Trinajstić information content (AvgIpc) is 2.91. The molecule has 1 fully saturated rings. The Bertz CT molecular complexity index is 1160. The molecule has 194 valence electrons. The zero-order valence-electron chi connectivity index (χ0n) is 20.6. The van der Waals surface area contributed by atoms with E-state index in [1.807, 2.05) is 30.3 Å². The monoisotopic (exact) mass is 550 g/mol. The van der Waals surface area contributed by atoms with Gasteiger partial charge in [0.05, 0.1) is 22.7 Å². The highest BCUT2D eigenvalue weighted by atomic mass is 35.5. The molecule has 3 aromatic rings. The summed E-state index contributed by atoms with van der Waals surface area (Å²) in [5, 5.41) is 12.1. The maximum atomic E-state index is 15.6. The van der Waals surface area contributed by atoms with Gasteiger partial charge in [0.25, 0.3) is 0 Å². The summed E-state index contributed by atoms with van der Waals surface area (Å²) >= 11 is 14.4. The van der Waals surface area contributed by atoms with E-state index in [1.165, 1.54) is 6.20 Å². The third-order valence-corrected chi connectivity index (χ3v) is 9.18. The Morgan fingerprint density at radius 1 is 1.17 bits per heavy atom. The highest BCUT2D eigenvalue weighted by Gasteiger charge is 2.35. The van der Waals surface area contributed by atoms with E-state index in [4.69, 9.17) is 27.9 Å². The Hall–Kier alpha value is -1.57. The van der Waals surface area contributed by atoms with Crippen LogP contribution in [0.5, 0.6) is 5.75 Å². The number of hydrogen-bond acceptors (Lipinski definition) is 5. The minimum atomic E-state index is -1.24. The molecule has 1 aliphatic heterocycles. The number of piperidine rings is 1. The van der Waals surface area contributed by atoms with Crippen LogP contribution >= 0.6 is 35.0 Å². The number of ether oxygens (including phenoxy) is 1. The van der Waals surface area contributed by atoms with Crippen LogP contribution in [0.15, 0.2) is 53.6 Å². The fraction of sp³-hybridized carbons (Fsp3) is 0.464. The number of methoxy groups -OCH3 is 1. The van der Waals surface area contributed by atoms with Gasteiger partial charge in [0.15, 0.2) is 0 Å². The summed E-state index contributed by atoms with van der Waals surface area (Å²) in [6.45, 7) is 2.94. The number of likely N-dealkylation sites (tertiary alicyclic amines) is 1. The van der Waals surface area contributed by atoms with Crippen molar-refractivity contribution in [3.8, 4) is 5.75 Å². The van der Waals surface area contributed by atoms with Crippen LogP contribution in [0.2, 0.25) is 10.0 Å². The molecule has 1 N–H and O–H groups in total. The first kappa shape index (κ1) is 27.5. The summed E-state index contributed by atoms with van der Waals surface area (Å²) in [6.07, 6.45) is 4.02. The van der Waals surface area contributed by atoms with Crippen LogP contribution in [-0.4, -0.2) is 54.1 Å². The van der Waals surface area contributed by atoms with E-state index in [2.05, 4.69) is 16.0 Å². The minimum absolute atomic E-state index is 0.0779. The number of aliphatic hydroxyl groups excluding tert-OH is 1. The van der Waals surface area contributed by atoms with Crippen molar-refractivity contribution in [2.24, 2.45) is 5.41 Å². The molecule has 0 bridgehead atoms. The van der Waals surface area contributed by atoms with Gasteiger partial charge in [0.1, 0.15) is 11.9 Å². The van der Waals surface area contributed by atoms with Crippen molar-refractivity contribution >= 4 is 45.9 Å². The van der Waals surface area contributed by atoms with E-state index < -0.39 is 6.17 Å². The second-order valence-corrected chi connectivity index (χ2v) is 11.5. The normalized spacial score (nSPS) is 16.8. The molecule has 4 rings (SSSR count). The maximum Gasteiger partial charge on any atom is 0.127 e. The molecule has 4 nitrogen and oxygen atoms in total. The SMILES string of the molecule is COc1ccc2ncc(Cl)c([C@@H](F)CCC3(CO)CCN(CCCSc4ccccc4Cl)CC3)c2c1. The minimum Gasteiger partial charge on any atom is -0.497 e. The van der Waals surface area contributed by atoms with Gasteiger partial charge in [-0.1, -0.05) is 35.3 Å². The highest BCUT2D eigenvalue weighted by Crippen LogP contribution is 2.42. The van der Waals surface area contributed by atoms with Gasteiger partial charge in [-0.15, -0.1) is 11.8 Å². The molecule has 0 unspecified atom stereocenters. The number of pyridine rings is 1. The molecule has 0 amide bonds. The van der Waals surface area contributed by atoms with Gasteiger partial charge < -0.3 is 14.7 Å². The number of rotatable bonds is 11. The topological polar surface area (TPSA) is 45.6 Å². The highest BCUT2D eigenvalue weighted by molar-refractivity contribution is 7.99. The van der Waals surface area contributed by atoms with Crippen LogP contribution in [0.3, 0.4) is 0 Å². The number of hydrogen-bond donors (Lipinski definition) is 1. The van der Waals surface area contributed by atoms with E-state index >= 15 is 4.39 Å². The predicted molar refractivity (Wildman–Crippen MR) is 148 cm³/mol. The summed E-state index contributed by atoms with van der Waals surface area (Å²) < 4.78 is 20.9. The maximum absolute atomic E-state index is 15.6. The molecule has 0 radical (unpaired) electrons. The van der Waals surface area contributed by atoms with Gasteiger partial charge in [0, 0.05) is 28.6 Å². The summed E-state index contributed by atoms with van der Waals surface area (Å²) in [7, 11) is 1.58. The van der Waals surface area contributed by atoms with Crippen molar-refractivity contribution in [3.05, 3.63) is 64.3 Å². The molecule has 1 aromatic heterocycles.